The van der Waals surface area contributed by atoms with E-state index in [0.29, 0.717) is 6.04 Å². The Balaban J connectivity index is 1.81. The van der Waals surface area contributed by atoms with Crippen LogP contribution in [0.4, 0.5) is 5.82 Å². The van der Waals surface area contributed by atoms with Crippen LogP contribution in [0, 0.1) is 5.92 Å². The number of anilines is 1. The Labute approximate surface area is 103 Å². The highest BCUT2D eigenvalue weighted by atomic mass is 15.3. The van der Waals surface area contributed by atoms with Crippen molar-refractivity contribution in [1.29, 1.82) is 0 Å². The number of aromatic amines is 1. The molecule has 1 unspecified atom stereocenters. The molecule has 0 radical (unpaired) electrons. The first-order valence-corrected chi connectivity index (χ1v) is 6.80. The second kappa shape index (κ2) is 4.33. The van der Waals surface area contributed by atoms with Gasteiger partial charge in [-0.2, -0.15) is 5.10 Å². The van der Waals surface area contributed by atoms with Crippen molar-refractivity contribution < 1.29 is 0 Å². The number of nitrogens with zero attached hydrogens (tertiary/aromatic N) is 2. The molecule has 4 nitrogen and oxygen atoms in total. The highest BCUT2D eigenvalue weighted by molar-refractivity contribution is 5.50. The highest BCUT2D eigenvalue weighted by Crippen LogP contribution is 2.31. The number of hydrogen-bond donors (Lipinski definition) is 2. The molecule has 1 saturated heterocycles. The zero-order chi connectivity index (χ0) is 11.8. The van der Waals surface area contributed by atoms with Crippen LogP contribution in [-0.2, 0) is 12.8 Å². The Morgan fingerprint density at radius 1 is 1.29 bits per heavy atom. The zero-order valence-electron chi connectivity index (χ0n) is 10.6. The van der Waals surface area contributed by atoms with Crippen LogP contribution >= 0.6 is 0 Å². The molecule has 1 aromatic rings. The van der Waals surface area contributed by atoms with Gasteiger partial charge in [0.2, 0.25) is 0 Å². The van der Waals surface area contributed by atoms with Gasteiger partial charge in [-0.25, -0.2) is 0 Å². The normalized spacial score (nSPS) is 26.0. The monoisotopic (exact) mass is 234 g/mol. The number of aromatic nitrogens is 2. The van der Waals surface area contributed by atoms with Crippen LogP contribution in [0.1, 0.15) is 37.4 Å². The van der Waals surface area contributed by atoms with Gasteiger partial charge in [0.25, 0.3) is 0 Å². The fourth-order valence-electron chi connectivity index (χ4n) is 3.03. The molecule has 0 saturated carbocycles. The predicted molar refractivity (Wildman–Crippen MR) is 69.2 cm³/mol. The second-order valence-corrected chi connectivity index (χ2v) is 5.68. The maximum absolute atomic E-state index is 5.96. The molecular weight excluding hydrogens is 212 g/mol. The molecule has 4 heteroatoms. The van der Waals surface area contributed by atoms with Crippen molar-refractivity contribution in [2.75, 3.05) is 18.0 Å². The first-order chi connectivity index (χ1) is 8.24. The average molecular weight is 234 g/mol. The van der Waals surface area contributed by atoms with Gasteiger partial charge in [-0.1, -0.05) is 6.92 Å². The minimum Gasteiger partial charge on any atom is -0.355 e. The summed E-state index contributed by atoms with van der Waals surface area (Å²) >= 11 is 0. The van der Waals surface area contributed by atoms with Crippen LogP contribution in [0.25, 0.3) is 0 Å². The van der Waals surface area contributed by atoms with Crippen molar-refractivity contribution in [2.24, 2.45) is 11.7 Å². The molecule has 0 amide bonds. The van der Waals surface area contributed by atoms with Crippen molar-refractivity contribution in [1.82, 2.24) is 10.2 Å². The Bertz CT molecular complexity index is 390. The summed E-state index contributed by atoms with van der Waals surface area (Å²) in [7, 11) is 0. The molecule has 17 heavy (non-hydrogen) atoms. The van der Waals surface area contributed by atoms with Crippen molar-refractivity contribution in [3.8, 4) is 0 Å². The first-order valence-electron chi connectivity index (χ1n) is 6.80. The summed E-state index contributed by atoms with van der Waals surface area (Å²) in [6, 6.07) is 0.389. The van der Waals surface area contributed by atoms with E-state index in [2.05, 4.69) is 22.0 Å². The van der Waals surface area contributed by atoms with Crippen molar-refractivity contribution in [2.45, 2.75) is 45.1 Å². The van der Waals surface area contributed by atoms with Gasteiger partial charge in [0, 0.05) is 30.4 Å². The van der Waals surface area contributed by atoms with Crippen molar-refractivity contribution >= 4 is 5.82 Å². The van der Waals surface area contributed by atoms with Gasteiger partial charge in [0.1, 0.15) is 0 Å². The van der Waals surface area contributed by atoms with E-state index in [1.54, 1.807) is 0 Å². The average Bonchev–Trinajstić information content (AvgIpc) is 2.73. The van der Waals surface area contributed by atoms with Gasteiger partial charge in [0.05, 0.1) is 0 Å². The number of aryl methyl sites for hydroxylation is 1. The third kappa shape index (κ3) is 2.06. The summed E-state index contributed by atoms with van der Waals surface area (Å²) in [4.78, 5) is 2.41. The minimum atomic E-state index is 0.389. The Kier molecular flexibility index (Phi) is 2.82. The van der Waals surface area contributed by atoms with Crippen LogP contribution in [0.15, 0.2) is 0 Å². The molecule has 3 N–H and O–H groups in total. The maximum atomic E-state index is 5.96. The summed E-state index contributed by atoms with van der Waals surface area (Å²) in [5.41, 5.74) is 8.80. The summed E-state index contributed by atoms with van der Waals surface area (Å²) in [5, 5.41) is 7.77. The van der Waals surface area contributed by atoms with Gasteiger partial charge in [0.15, 0.2) is 5.82 Å². The van der Waals surface area contributed by atoms with Gasteiger partial charge in [-0.3, -0.25) is 5.10 Å². The molecule has 1 fully saturated rings. The Morgan fingerprint density at radius 3 is 2.82 bits per heavy atom. The fourth-order valence-corrected chi connectivity index (χ4v) is 3.03. The number of fused-ring (bicyclic) bond motifs is 1. The number of nitrogens with one attached hydrogen (secondary N) is 1. The van der Waals surface area contributed by atoms with E-state index >= 15 is 0 Å². The van der Waals surface area contributed by atoms with E-state index in [9.17, 15) is 0 Å². The summed E-state index contributed by atoms with van der Waals surface area (Å²) in [6.07, 6.45) is 5.83. The number of nitrogens with two attached hydrogens (primary N) is 1. The van der Waals surface area contributed by atoms with Crippen molar-refractivity contribution in [3.63, 3.8) is 0 Å². The lowest BCUT2D eigenvalue weighted by Gasteiger charge is -2.31. The minimum absolute atomic E-state index is 0.389. The first kappa shape index (κ1) is 11.1. The molecule has 94 valence electrons. The number of H-pyrrole nitrogens is 1. The topological polar surface area (TPSA) is 57.9 Å². The summed E-state index contributed by atoms with van der Waals surface area (Å²) in [6.45, 7) is 4.46. The van der Waals surface area contributed by atoms with E-state index in [-0.39, 0.29) is 0 Å². The van der Waals surface area contributed by atoms with E-state index in [0.717, 1.165) is 38.3 Å². The Morgan fingerprint density at radius 2 is 2.06 bits per heavy atom. The SMILES string of the molecule is CC1CCc2[nH]nc(N3CCC(N)CC3)c2C1. The van der Waals surface area contributed by atoms with Gasteiger partial charge in [-0.05, 0) is 38.0 Å². The predicted octanol–water partition coefficient (Wildman–Crippen LogP) is 1.46. The molecule has 0 spiro atoms. The summed E-state index contributed by atoms with van der Waals surface area (Å²) in [5.74, 6) is 2.00. The molecule has 3 rings (SSSR count). The van der Waals surface area contributed by atoms with E-state index in [4.69, 9.17) is 5.73 Å². The third-order valence-electron chi connectivity index (χ3n) is 4.21. The molecule has 1 atom stereocenters. The molecule has 1 aliphatic carbocycles. The lowest BCUT2D eigenvalue weighted by atomic mass is 9.88. The molecule has 0 bridgehead atoms. The fraction of sp³-hybridized carbons (Fsp3) is 0.769. The van der Waals surface area contributed by atoms with Crippen molar-refractivity contribution in [3.05, 3.63) is 11.3 Å². The lowest BCUT2D eigenvalue weighted by Crippen LogP contribution is -2.40. The Hall–Kier alpha value is -1.03. The van der Waals surface area contributed by atoms with E-state index < -0.39 is 0 Å². The summed E-state index contributed by atoms with van der Waals surface area (Å²) < 4.78 is 0. The molecule has 1 aliphatic heterocycles. The van der Waals surface area contributed by atoms with Crippen LogP contribution < -0.4 is 10.6 Å². The zero-order valence-corrected chi connectivity index (χ0v) is 10.6. The van der Waals surface area contributed by atoms with Crippen LogP contribution in [0.2, 0.25) is 0 Å². The number of rotatable bonds is 1. The van der Waals surface area contributed by atoms with Crippen LogP contribution in [-0.4, -0.2) is 29.3 Å². The molecule has 2 aliphatic rings. The number of piperidine rings is 1. The lowest BCUT2D eigenvalue weighted by molar-refractivity contribution is 0.486. The van der Waals surface area contributed by atoms with Crippen LogP contribution in [0.5, 0.6) is 0 Å². The third-order valence-corrected chi connectivity index (χ3v) is 4.21. The largest absolute Gasteiger partial charge is 0.355 e. The smallest absolute Gasteiger partial charge is 0.153 e. The number of hydrogen-bond acceptors (Lipinski definition) is 3. The van der Waals surface area contributed by atoms with Gasteiger partial charge < -0.3 is 10.6 Å². The van der Waals surface area contributed by atoms with Gasteiger partial charge >= 0.3 is 0 Å². The highest BCUT2D eigenvalue weighted by Gasteiger charge is 2.26. The standard InChI is InChI=1S/C13H22N4/c1-9-2-3-12-11(8-9)13(16-15-12)17-6-4-10(14)5-7-17/h9-10H,2-8,14H2,1H3,(H,15,16). The molecule has 1 aromatic heterocycles. The van der Waals surface area contributed by atoms with Gasteiger partial charge in [-0.15, -0.1) is 0 Å². The van der Waals surface area contributed by atoms with E-state index in [1.165, 1.54) is 29.9 Å². The second-order valence-electron chi connectivity index (χ2n) is 5.68. The van der Waals surface area contributed by atoms with Crippen LogP contribution in [0.3, 0.4) is 0 Å². The molecular formula is C13H22N4. The maximum Gasteiger partial charge on any atom is 0.153 e. The quantitative estimate of drug-likeness (QED) is 0.773. The molecule has 2 heterocycles. The van der Waals surface area contributed by atoms with E-state index in [1.807, 2.05) is 0 Å². The molecule has 0 aromatic carbocycles.